The van der Waals surface area contributed by atoms with Gasteiger partial charge in [-0.2, -0.15) is 0 Å². The average molecular weight is 348 g/mol. The van der Waals surface area contributed by atoms with Gasteiger partial charge in [0.05, 0.1) is 4.88 Å². The first-order valence-electron chi connectivity index (χ1n) is 8.62. The summed E-state index contributed by atoms with van der Waals surface area (Å²) in [6.07, 6.45) is 4.56. The fraction of sp³-hybridized carbons (Fsp3) is 0.190. The second-order valence-electron chi connectivity index (χ2n) is 6.30. The second kappa shape index (κ2) is 7.11. The molecule has 2 aromatic carbocycles. The van der Waals surface area contributed by atoms with Gasteiger partial charge < -0.3 is 10.6 Å². The van der Waals surface area contributed by atoms with Crippen LogP contribution < -0.4 is 10.6 Å². The van der Waals surface area contributed by atoms with E-state index in [2.05, 4.69) is 16.0 Å². The van der Waals surface area contributed by atoms with E-state index < -0.39 is 0 Å². The van der Waals surface area contributed by atoms with Crippen molar-refractivity contribution in [3.05, 3.63) is 76.0 Å². The summed E-state index contributed by atoms with van der Waals surface area (Å²) in [5.74, 6) is 0.0110. The van der Waals surface area contributed by atoms with E-state index in [0.717, 1.165) is 34.8 Å². The first-order valence-corrected chi connectivity index (χ1v) is 9.50. The Bertz CT molecular complexity index is 869. The van der Waals surface area contributed by atoms with Crippen LogP contribution in [0.25, 0.3) is 0 Å². The van der Waals surface area contributed by atoms with E-state index >= 15 is 0 Å². The van der Waals surface area contributed by atoms with E-state index in [9.17, 15) is 4.79 Å². The van der Waals surface area contributed by atoms with Gasteiger partial charge in [0.2, 0.25) is 0 Å². The predicted octanol–water partition coefficient (Wildman–Crippen LogP) is 5.62. The van der Waals surface area contributed by atoms with E-state index in [1.807, 2.05) is 54.6 Å². The number of hydrogen-bond donors (Lipinski definition) is 2. The topological polar surface area (TPSA) is 41.1 Å². The third-order valence-corrected chi connectivity index (χ3v) is 5.58. The maximum Gasteiger partial charge on any atom is 0.266 e. The number of para-hydroxylation sites is 1. The molecule has 3 nitrogen and oxygen atoms in total. The van der Waals surface area contributed by atoms with Crippen LogP contribution in [-0.2, 0) is 12.8 Å². The third-order valence-electron chi connectivity index (χ3n) is 4.52. The van der Waals surface area contributed by atoms with Crippen molar-refractivity contribution in [3.63, 3.8) is 0 Å². The molecule has 3 aromatic rings. The van der Waals surface area contributed by atoms with Gasteiger partial charge in [-0.1, -0.05) is 18.2 Å². The lowest BCUT2D eigenvalue weighted by Crippen LogP contribution is -2.13. The summed E-state index contributed by atoms with van der Waals surface area (Å²) in [7, 11) is 0. The molecule has 0 spiro atoms. The highest BCUT2D eigenvalue weighted by atomic mass is 32.1. The van der Waals surface area contributed by atoms with Crippen molar-refractivity contribution in [1.29, 1.82) is 0 Å². The molecule has 1 aromatic heterocycles. The van der Waals surface area contributed by atoms with Gasteiger partial charge >= 0.3 is 0 Å². The molecule has 0 saturated carbocycles. The highest BCUT2D eigenvalue weighted by Gasteiger charge is 2.20. The van der Waals surface area contributed by atoms with Crippen molar-refractivity contribution in [2.75, 3.05) is 10.6 Å². The average Bonchev–Trinajstić information content (AvgIpc) is 3.08. The van der Waals surface area contributed by atoms with Crippen molar-refractivity contribution in [1.82, 2.24) is 0 Å². The lowest BCUT2D eigenvalue weighted by molar-refractivity contribution is 0.102. The number of fused-ring (bicyclic) bond motifs is 1. The van der Waals surface area contributed by atoms with Crippen LogP contribution in [-0.4, -0.2) is 5.91 Å². The molecule has 1 heterocycles. The molecule has 0 bridgehead atoms. The summed E-state index contributed by atoms with van der Waals surface area (Å²) in [5.41, 5.74) is 5.49. The van der Waals surface area contributed by atoms with Crippen LogP contribution in [0.1, 0.15) is 33.6 Å². The van der Waals surface area contributed by atoms with Crippen molar-refractivity contribution in [2.45, 2.75) is 25.7 Å². The standard InChI is InChI=1S/C21H20N2OS/c24-21(20-19-9-5-4-6-15(19)14-25-20)23-18-12-10-17(11-13-18)22-16-7-2-1-3-8-16/h1-3,7-8,10-14,22H,4-6,9H2,(H,23,24). The Morgan fingerprint density at radius 2 is 1.52 bits per heavy atom. The Labute approximate surface area is 151 Å². The maximum atomic E-state index is 12.6. The molecule has 25 heavy (non-hydrogen) atoms. The van der Waals surface area contributed by atoms with Crippen LogP contribution in [0.3, 0.4) is 0 Å². The number of anilines is 3. The Morgan fingerprint density at radius 1 is 0.840 bits per heavy atom. The molecule has 2 N–H and O–H groups in total. The molecule has 4 heteroatoms. The second-order valence-corrected chi connectivity index (χ2v) is 7.18. The zero-order valence-electron chi connectivity index (χ0n) is 13.9. The lowest BCUT2D eigenvalue weighted by Gasteiger charge is -2.13. The van der Waals surface area contributed by atoms with E-state index in [-0.39, 0.29) is 5.91 Å². The minimum absolute atomic E-state index is 0.0110. The van der Waals surface area contributed by atoms with Crippen LogP contribution in [0, 0.1) is 0 Å². The van der Waals surface area contributed by atoms with Crippen LogP contribution in [0.2, 0.25) is 0 Å². The number of rotatable bonds is 4. The number of amides is 1. The Kier molecular flexibility index (Phi) is 4.53. The van der Waals surface area contributed by atoms with Gasteiger partial charge in [-0.25, -0.2) is 0 Å². The zero-order chi connectivity index (χ0) is 17.1. The van der Waals surface area contributed by atoms with Crippen molar-refractivity contribution >= 4 is 34.3 Å². The van der Waals surface area contributed by atoms with Crippen molar-refractivity contribution in [3.8, 4) is 0 Å². The fourth-order valence-electron chi connectivity index (χ4n) is 3.22. The molecule has 0 aliphatic heterocycles. The minimum Gasteiger partial charge on any atom is -0.356 e. The predicted molar refractivity (Wildman–Crippen MR) is 105 cm³/mol. The normalized spacial score (nSPS) is 13.1. The summed E-state index contributed by atoms with van der Waals surface area (Å²) >= 11 is 1.57. The van der Waals surface area contributed by atoms with E-state index in [4.69, 9.17) is 0 Å². The Balaban J connectivity index is 1.44. The molecule has 0 fully saturated rings. The maximum absolute atomic E-state index is 12.6. The first kappa shape index (κ1) is 15.9. The quantitative estimate of drug-likeness (QED) is 0.642. The molecule has 0 unspecified atom stereocenters. The van der Waals surface area contributed by atoms with Crippen molar-refractivity contribution < 1.29 is 4.79 Å². The molecule has 4 rings (SSSR count). The number of carbonyl (C=O) groups is 1. The highest BCUT2D eigenvalue weighted by Crippen LogP contribution is 2.30. The van der Waals surface area contributed by atoms with Crippen LogP contribution in [0.5, 0.6) is 0 Å². The van der Waals surface area contributed by atoms with Gasteiger partial charge in [-0.3, -0.25) is 4.79 Å². The fourth-order valence-corrected chi connectivity index (χ4v) is 4.28. The van der Waals surface area contributed by atoms with Gasteiger partial charge in [-0.15, -0.1) is 11.3 Å². The van der Waals surface area contributed by atoms with E-state index in [1.165, 1.54) is 24.0 Å². The molecule has 1 aliphatic rings. The number of carbonyl (C=O) groups excluding carboxylic acids is 1. The lowest BCUT2D eigenvalue weighted by atomic mass is 9.94. The molecule has 0 radical (unpaired) electrons. The number of nitrogens with one attached hydrogen (secondary N) is 2. The van der Waals surface area contributed by atoms with Gasteiger partial charge in [-0.05, 0) is 78.6 Å². The zero-order valence-corrected chi connectivity index (χ0v) is 14.7. The summed E-state index contributed by atoms with van der Waals surface area (Å²) in [4.78, 5) is 13.5. The van der Waals surface area contributed by atoms with Crippen LogP contribution >= 0.6 is 11.3 Å². The molecule has 1 aliphatic carbocycles. The van der Waals surface area contributed by atoms with Crippen LogP contribution in [0.4, 0.5) is 17.1 Å². The number of hydrogen-bond acceptors (Lipinski definition) is 3. The summed E-state index contributed by atoms with van der Waals surface area (Å²) in [5, 5.41) is 8.52. The summed E-state index contributed by atoms with van der Waals surface area (Å²) < 4.78 is 0. The molecule has 126 valence electrons. The van der Waals surface area contributed by atoms with E-state index in [0.29, 0.717) is 0 Å². The SMILES string of the molecule is O=C(Nc1ccc(Nc2ccccc2)cc1)c1scc2c1CCCC2. The molecular formula is C21H20N2OS. The highest BCUT2D eigenvalue weighted by molar-refractivity contribution is 7.12. The Morgan fingerprint density at radius 3 is 2.32 bits per heavy atom. The first-order chi connectivity index (χ1) is 12.3. The van der Waals surface area contributed by atoms with Crippen LogP contribution in [0.15, 0.2) is 60.0 Å². The van der Waals surface area contributed by atoms with Crippen molar-refractivity contribution in [2.24, 2.45) is 0 Å². The molecule has 0 saturated heterocycles. The summed E-state index contributed by atoms with van der Waals surface area (Å²) in [6.45, 7) is 0. The number of aryl methyl sites for hydroxylation is 1. The van der Waals surface area contributed by atoms with E-state index in [1.54, 1.807) is 11.3 Å². The van der Waals surface area contributed by atoms with Gasteiger partial charge in [0, 0.05) is 17.1 Å². The molecule has 1 amide bonds. The molecule has 0 atom stereocenters. The monoisotopic (exact) mass is 348 g/mol. The van der Waals surface area contributed by atoms with Gasteiger partial charge in [0.25, 0.3) is 5.91 Å². The largest absolute Gasteiger partial charge is 0.356 e. The third kappa shape index (κ3) is 3.59. The number of thiophene rings is 1. The number of benzene rings is 2. The van der Waals surface area contributed by atoms with Gasteiger partial charge in [0.1, 0.15) is 0 Å². The van der Waals surface area contributed by atoms with Gasteiger partial charge in [0.15, 0.2) is 0 Å². The molecular weight excluding hydrogens is 328 g/mol. The smallest absolute Gasteiger partial charge is 0.266 e. The minimum atomic E-state index is 0.0110. The Hall–Kier alpha value is -2.59. The summed E-state index contributed by atoms with van der Waals surface area (Å²) in [6, 6.07) is 17.9.